The maximum Gasteiger partial charge on any atom is 0.348 e. The van der Waals surface area contributed by atoms with Crippen molar-refractivity contribution in [1.29, 1.82) is 0 Å². The quantitative estimate of drug-likeness (QED) is 0.334. The number of carbonyl (C=O) groups excluding carboxylic acids is 4. The Hall–Kier alpha value is -3.16. The Bertz CT molecular complexity index is 1420. The van der Waals surface area contributed by atoms with Crippen LogP contribution in [0.4, 0.5) is 5.00 Å². The summed E-state index contributed by atoms with van der Waals surface area (Å²) in [5, 5.41) is 2.88. The first-order chi connectivity index (χ1) is 18.2. The van der Waals surface area contributed by atoms with Crippen LogP contribution in [-0.2, 0) is 25.6 Å². The molecule has 0 atom stereocenters. The number of nitrogens with one attached hydrogen (secondary N) is 1. The van der Waals surface area contributed by atoms with Crippen molar-refractivity contribution >= 4 is 73.4 Å². The Balaban J connectivity index is 1.69. The molecule has 38 heavy (non-hydrogen) atoms. The largest absolute Gasteiger partial charge is 0.497 e. The molecule has 0 fully saturated rings. The Morgan fingerprint density at radius 1 is 1.03 bits per heavy atom. The predicted molar refractivity (Wildman–Crippen MR) is 150 cm³/mol. The number of rotatable bonds is 11. The van der Waals surface area contributed by atoms with Crippen molar-refractivity contribution in [3.05, 3.63) is 39.0 Å². The highest BCUT2D eigenvalue weighted by atomic mass is 32.2. The Morgan fingerprint density at radius 3 is 2.39 bits per heavy atom. The molecule has 0 radical (unpaired) electrons. The number of hydrogen-bond acceptors (Lipinski definition) is 10. The van der Waals surface area contributed by atoms with Crippen molar-refractivity contribution in [2.45, 2.75) is 34.2 Å². The summed E-state index contributed by atoms with van der Waals surface area (Å²) < 4.78 is 18.3. The summed E-state index contributed by atoms with van der Waals surface area (Å²) in [6, 6.07) is 5.69. The standard InChI is InChI=1S/C25H29N3O7S3/c1-6-28-16-10-9-15(33-5)11-17(16)37-25(28)27-19(30)13-36-12-18(29)26-22-20(23(31)34-7-2)14(4)21(38-22)24(32)35-8-3/h9-11H,6-8,12-13H2,1-5H3,(H,26,29). The predicted octanol–water partition coefficient (Wildman–Crippen LogP) is 4.25. The van der Waals surface area contributed by atoms with Gasteiger partial charge in [0.15, 0.2) is 4.80 Å². The number of thiophene rings is 1. The number of fused-ring (bicyclic) bond motifs is 1. The van der Waals surface area contributed by atoms with Gasteiger partial charge in [0.05, 0.1) is 47.6 Å². The van der Waals surface area contributed by atoms with Gasteiger partial charge >= 0.3 is 11.9 Å². The first-order valence-corrected chi connectivity index (χ1v) is 14.6. The molecule has 2 heterocycles. The number of thioether (sulfide) groups is 1. The second-order valence-corrected chi connectivity index (χ2v) is 10.7. The average Bonchev–Trinajstić information content (AvgIpc) is 3.39. The van der Waals surface area contributed by atoms with Crippen molar-refractivity contribution in [3.8, 4) is 5.75 Å². The molecule has 0 saturated heterocycles. The molecule has 3 aromatic rings. The Morgan fingerprint density at radius 2 is 1.74 bits per heavy atom. The molecule has 10 nitrogen and oxygen atoms in total. The molecule has 0 spiro atoms. The van der Waals surface area contributed by atoms with Gasteiger partial charge in [0.1, 0.15) is 15.6 Å². The number of aryl methyl sites for hydroxylation is 1. The summed E-state index contributed by atoms with van der Waals surface area (Å²) in [5.41, 5.74) is 1.46. The number of methoxy groups -OCH3 is 1. The van der Waals surface area contributed by atoms with Crippen molar-refractivity contribution < 1.29 is 33.4 Å². The zero-order valence-corrected chi connectivity index (χ0v) is 24.2. The van der Waals surface area contributed by atoms with E-state index >= 15 is 0 Å². The number of aromatic nitrogens is 1. The van der Waals surface area contributed by atoms with E-state index in [4.69, 9.17) is 14.2 Å². The van der Waals surface area contributed by atoms with E-state index in [0.29, 0.717) is 16.9 Å². The summed E-state index contributed by atoms with van der Waals surface area (Å²) in [6.45, 7) is 7.89. The normalized spacial score (nSPS) is 11.4. The maximum atomic E-state index is 12.6. The molecule has 13 heteroatoms. The molecule has 1 N–H and O–H groups in total. The van der Waals surface area contributed by atoms with Gasteiger partial charge in [0, 0.05) is 6.54 Å². The number of nitrogens with zero attached hydrogens (tertiary/aromatic N) is 2. The molecule has 0 aliphatic heterocycles. The summed E-state index contributed by atoms with van der Waals surface area (Å²) in [5.74, 6) is -1.34. The first kappa shape index (κ1) is 29.4. The fraction of sp³-hybridized carbons (Fsp3) is 0.400. The number of benzene rings is 1. The van der Waals surface area contributed by atoms with Gasteiger partial charge in [-0.3, -0.25) is 9.59 Å². The lowest BCUT2D eigenvalue weighted by molar-refractivity contribution is -0.115. The average molecular weight is 580 g/mol. The second kappa shape index (κ2) is 13.6. The minimum absolute atomic E-state index is 0.00300. The van der Waals surface area contributed by atoms with Crippen LogP contribution < -0.4 is 14.9 Å². The molecule has 1 aromatic carbocycles. The molecule has 0 unspecified atom stereocenters. The van der Waals surface area contributed by atoms with Crippen molar-refractivity contribution in [2.75, 3.05) is 37.1 Å². The van der Waals surface area contributed by atoms with Crippen LogP contribution in [0.1, 0.15) is 46.4 Å². The monoisotopic (exact) mass is 579 g/mol. The fourth-order valence-electron chi connectivity index (χ4n) is 3.55. The van der Waals surface area contributed by atoms with E-state index in [-0.39, 0.29) is 46.1 Å². The molecular weight excluding hydrogens is 550 g/mol. The Labute approximate surface area is 232 Å². The number of carbonyl (C=O) groups is 4. The van der Waals surface area contributed by atoms with Crippen LogP contribution in [-0.4, -0.2) is 60.1 Å². The van der Waals surface area contributed by atoms with Crippen molar-refractivity contribution in [3.63, 3.8) is 0 Å². The van der Waals surface area contributed by atoms with E-state index in [2.05, 4.69) is 10.3 Å². The molecule has 0 aliphatic carbocycles. The van der Waals surface area contributed by atoms with Crippen LogP contribution in [0.2, 0.25) is 0 Å². The topological polar surface area (TPSA) is 125 Å². The van der Waals surface area contributed by atoms with Crippen LogP contribution in [0, 0.1) is 6.92 Å². The zero-order valence-electron chi connectivity index (χ0n) is 21.7. The second-order valence-electron chi connectivity index (χ2n) is 7.71. The lowest BCUT2D eigenvalue weighted by atomic mass is 10.1. The lowest BCUT2D eigenvalue weighted by Crippen LogP contribution is -2.18. The van der Waals surface area contributed by atoms with Crippen molar-refractivity contribution in [2.24, 2.45) is 4.99 Å². The van der Waals surface area contributed by atoms with Crippen molar-refractivity contribution in [1.82, 2.24) is 4.57 Å². The van der Waals surface area contributed by atoms with Gasteiger partial charge in [-0.25, -0.2) is 9.59 Å². The van der Waals surface area contributed by atoms with Crippen LogP contribution in [0.25, 0.3) is 10.2 Å². The minimum Gasteiger partial charge on any atom is -0.497 e. The third-order valence-electron chi connectivity index (χ3n) is 5.23. The van der Waals surface area contributed by atoms with Crippen LogP contribution in [0.5, 0.6) is 5.75 Å². The molecule has 0 bridgehead atoms. The SMILES string of the molecule is CCOC(=O)c1sc(NC(=O)CSCC(=O)N=c2sc3cc(OC)ccc3n2CC)c(C(=O)OCC)c1C. The van der Waals surface area contributed by atoms with E-state index in [9.17, 15) is 19.2 Å². The van der Waals surface area contributed by atoms with E-state index < -0.39 is 17.8 Å². The minimum atomic E-state index is -0.640. The molecular formula is C25H29N3O7S3. The van der Waals surface area contributed by atoms with Gasteiger partial charge in [0.25, 0.3) is 5.91 Å². The highest BCUT2D eigenvalue weighted by Gasteiger charge is 2.27. The third-order valence-corrected chi connectivity index (χ3v) is 8.37. The van der Waals surface area contributed by atoms with Gasteiger partial charge < -0.3 is 24.1 Å². The van der Waals surface area contributed by atoms with E-state index in [0.717, 1.165) is 39.1 Å². The summed E-state index contributed by atoms with van der Waals surface area (Å²) in [7, 11) is 1.60. The van der Waals surface area contributed by atoms with Gasteiger partial charge in [-0.05, 0) is 51.5 Å². The van der Waals surface area contributed by atoms with Crippen LogP contribution in [0.15, 0.2) is 23.2 Å². The molecule has 2 aromatic heterocycles. The van der Waals surface area contributed by atoms with Gasteiger partial charge in [-0.1, -0.05) is 11.3 Å². The van der Waals surface area contributed by atoms with E-state index in [1.54, 1.807) is 27.9 Å². The van der Waals surface area contributed by atoms with Gasteiger partial charge in [-0.2, -0.15) is 4.99 Å². The maximum absolute atomic E-state index is 12.6. The number of hydrogen-bond donors (Lipinski definition) is 1. The summed E-state index contributed by atoms with van der Waals surface area (Å²) in [6.07, 6.45) is 0. The number of anilines is 1. The van der Waals surface area contributed by atoms with E-state index in [1.807, 2.05) is 29.7 Å². The smallest absolute Gasteiger partial charge is 0.348 e. The van der Waals surface area contributed by atoms with Crippen LogP contribution in [0.3, 0.4) is 0 Å². The molecule has 2 amide bonds. The first-order valence-electron chi connectivity index (χ1n) is 11.8. The molecule has 204 valence electrons. The number of esters is 2. The molecule has 3 rings (SSSR count). The Kier molecular flexibility index (Phi) is 10.5. The highest BCUT2D eigenvalue weighted by molar-refractivity contribution is 8.00. The molecule has 0 saturated carbocycles. The fourth-order valence-corrected chi connectivity index (χ4v) is 6.39. The molecule has 0 aliphatic rings. The number of thiazole rings is 1. The third kappa shape index (κ3) is 6.83. The summed E-state index contributed by atoms with van der Waals surface area (Å²) >= 11 is 3.45. The van der Waals surface area contributed by atoms with Gasteiger partial charge in [0.2, 0.25) is 5.91 Å². The highest BCUT2D eigenvalue weighted by Crippen LogP contribution is 2.34. The summed E-state index contributed by atoms with van der Waals surface area (Å²) in [4.78, 5) is 55.0. The zero-order chi connectivity index (χ0) is 27.8. The van der Waals surface area contributed by atoms with Gasteiger partial charge in [-0.15, -0.1) is 23.1 Å². The number of amides is 2. The van der Waals surface area contributed by atoms with Crippen LogP contribution >= 0.6 is 34.4 Å². The van der Waals surface area contributed by atoms with E-state index in [1.165, 1.54) is 11.3 Å². The lowest BCUT2D eigenvalue weighted by Gasteiger charge is -2.07. The number of ether oxygens (including phenoxy) is 3.